The lowest BCUT2D eigenvalue weighted by atomic mass is 10.0. The average molecular weight is 319 g/mol. The predicted octanol–water partition coefficient (Wildman–Crippen LogP) is 3.47. The highest BCUT2D eigenvalue weighted by molar-refractivity contribution is 5.92. The predicted molar refractivity (Wildman–Crippen MR) is 88.8 cm³/mol. The molecule has 1 aromatic carbocycles. The molecule has 5 heteroatoms. The summed E-state index contributed by atoms with van der Waals surface area (Å²) in [6.07, 6.45) is 8.01. The maximum atomic E-state index is 12.2. The second kappa shape index (κ2) is 8.56. The van der Waals surface area contributed by atoms with Gasteiger partial charge in [0, 0.05) is 19.2 Å². The van der Waals surface area contributed by atoms with E-state index in [1.165, 1.54) is 25.7 Å². The van der Waals surface area contributed by atoms with Gasteiger partial charge in [0.1, 0.15) is 5.75 Å². The van der Waals surface area contributed by atoms with Gasteiger partial charge in [-0.05, 0) is 43.0 Å². The van der Waals surface area contributed by atoms with Crippen LogP contribution >= 0.6 is 0 Å². The molecule has 2 rings (SSSR count). The van der Waals surface area contributed by atoms with Crippen molar-refractivity contribution < 1.29 is 19.4 Å². The van der Waals surface area contributed by atoms with Crippen molar-refractivity contribution in [2.24, 2.45) is 5.92 Å². The number of anilines is 1. The fourth-order valence-electron chi connectivity index (χ4n) is 3.06. The van der Waals surface area contributed by atoms with Gasteiger partial charge in [-0.3, -0.25) is 4.79 Å². The quantitative estimate of drug-likeness (QED) is 0.796. The lowest BCUT2D eigenvalue weighted by Crippen LogP contribution is -2.25. The zero-order valence-corrected chi connectivity index (χ0v) is 13.7. The number of carbonyl (C=O) groups excluding carboxylic acids is 1. The minimum absolute atomic E-state index is 0.113. The number of ether oxygens (including phenoxy) is 1. The molecule has 0 aliphatic heterocycles. The molecule has 5 nitrogen and oxygen atoms in total. The van der Waals surface area contributed by atoms with Crippen LogP contribution in [0.25, 0.3) is 0 Å². The first-order valence-electron chi connectivity index (χ1n) is 8.27. The molecule has 0 atom stereocenters. The van der Waals surface area contributed by atoms with E-state index >= 15 is 0 Å². The fraction of sp³-hybridized carbons (Fsp3) is 0.556. The van der Waals surface area contributed by atoms with Crippen LogP contribution in [0.5, 0.6) is 5.75 Å². The Morgan fingerprint density at radius 3 is 2.48 bits per heavy atom. The van der Waals surface area contributed by atoms with Crippen LogP contribution in [-0.4, -0.2) is 30.6 Å². The first-order valence-corrected chi connectivity index (χ1v) is 8.27. The summed E-state index contributed by atoms with van der Waals surface area (Å²) in [5.74, 6) is 0.405. The van der Waals surface area contributed by atoms with Gasteiger partial charge >= 0.3 is 5.97 Å². The molecule has 0 radical (unpaired) electrons. The molecule has 0 bridgehead atoms. The molecule has 126 valence electrons. The summed E-state index contributed by atoms with van der Waals surface area (Å²) in [7, 11) is 1.77. The van der Waals surface area contributed by atoms with Gasteiger partial charge in [0.05, 0.1) is 0 Å². The molecule has 1 aliphatic rings. The van der Waals surface area contributed by atoms with Crippen molar-refractivity contribution in [2.45, 2.75) is 44.9 Å². The molecule has 1 aromatic rings. The molecule has 0 saturated heterocycles. The van der Waals surface area contributed by atoms with Crippen LogP contribution in [0.3, 0.4) is 0 Å². The van der Waals surface area contributed by atoms with Gasteiger partial charge in [-0.25, -0.2) is 4.79 Å². The van der Waals surface area contributed by atoms with Gasteiger partial charge in [0.25, 0.3) is 0 Å². The summed E-state index contributed by atoms with van der Waals surface area (Å²) >= 11 is 0. The van der Waals surface area contributed by atoms with E-state index < -0.39 is 5.97 Å². The van der Waals surface area contributed by atoms with E-state index in [1.54, 1.807) is 36.2 Å². The van der Waals surface area contributed by atoms with Crippen molar-refractivity contribution in [1.82, 2.24) is 0 Å². The summed E-state index contributed by atoms with van der Waals surface area (Å²) in [5.41, 5.74) is 0.790. The van der Waals surface area contributed by atoms with Gasteiger partial charge in [0.15, 0.2) is 6.61 Å². The SMILES string of the molecule is CN(C(=O)CCCC1CCCC1)c1ccc(OCC(=O)O)cc1. The van der Waals surface area contributed by atoms with Crippen LogP contribution in [0.4, 0.5) is 5.69 Å². The number of carboxylic acid groups (broad SMARTS) is 1. The number of rotatable bonds is 8. The van der Waals surface area contributed by atoms with Crippen LogP contribution in [0.1, 0.15) is 44.9 Å². The molecule has 1 saturated carbocycles. The van der Waals surface area contributed by atoms with E-state index in [2.05, 4.69) is 0 Å². The second-order valence-electron chi connectivity index (χ2n) is 6.17. The number of nitrogens with zero attached hydrogens (tertiary/aromatic N) is 1. The first-order chi connectivity index (χ1) is 11.1. The van der Waals surface area contributed by atoms with Crippen LogP contribution in [0.2, 0.25) is 0 Å². The van der Waals surface area contributed by atoms with Crippen molar-refractivity contribution in [3.8, 4) is 5.75 Å². The van der Waals surface area contributed by atoms with Gasteiger partial charge in [0.2, 0.25) is 5.91 Å². The summed E-state index contributed by atoms with van der Waals surface area (Å²) < 4.78 is 5.08. The van der Waals surface area contributed by atoms with Crippen molar-refractivity contribution in [3.63, 3.8) is 0 Å². The minimum Gasteiger partial charge on any atom is -0.482 e. The zero-order chi connectivity index (χ0) is 16.7. The number of amides is 1. The number of benzene rings is 1. The standard InChI is InChI=1S/C18H25NO4/c1-19(17(20)8-4-7-14-5-2-3-6-14)15-9-11-16(12-10-15)23-13-18(21)22/h9-12,14H,2-8,13H2,1H3,(H,21,22). The first kappa shape index (κ1) is 17.3. The molecule has 0 spiro atoms. The highest BCUT2D eigenvalue weighted by atomic mass is 16.5. The van der Waals surface area contributed by atoms with E-state index in [0.29, 0.717) is 12.2 Å². The van der Waals surface area contributed by atoms with E-state index in [9.17, 15) is 9.59 Å². The molecule has 1 aliphatic carbocycles. The van der Waals surface area contributed by atoms with E-state index in [1.807, 2.05) is 0 Å². The third-order valence-electron chi connectivity index (χ3n) is 4.44. The number of carbonyl (C=O) groups is 2. The number of hydrogen-bond donors (Lipinski definition) is 1. The van der Waals surface area contributed by atoms with Gasteiger partial charge in [-0.15, -0.1) is 0 Å². The zero-order valence-electron chi connectivity index (χ0n) is 13.7. The summed E-state index contributed by atoms with van der Waals surface area (Å²) in [6.45, 7) is -0.366. The highest BCUT2D eigenvalue weighted by Crippen LogP contribution is 2.29. The molecule has 1 amide bonds. The van der Waals surface area contributed by atoms with Gasteiger partial charge < -0.3 is 14.7 Å². The summed E-state index contributed by atoms with van der Waals surface area (Å²) in [6, 6.07) is 6.90. The Bertz CT molecular complexity index is 520. The number of aliphatic carboxylic acids is 1. The van der Waals surface area contributed by atoms with Crippen molar-refractivity contribution in [1.29, 1.82) is 0 Å². The summed E-state index contributed by atoms with van der Waals surface area (Å²) in [4.78, 5) is 24.3. The molecular formula is C18H25NO4. The lowest BCUT2D eigenvalue weighted by Gasteiger charge is -2.18. The van der Waals surface area contributed by atoms with E-state index in [4.69, 9.17) is 9.84 Å². The largest absolute Gasteiger partial charge is 0.482 e. The average Bonchev–Trinajstić information content (AvgIpc) is 3.06. The second-order valence-corrected chi connectivity index (χ2v) is 6.17. The summed E-state index contributed by atoms with van der Waals surface area (Å²) in [5, 5.41) is 8.57. The third-order valence-corrected chi connectivity index (χ3v) is 4.44. The molecule has 0 aromatic heterocycles. The van der Waals surface area contributed by atoms with E-state index in [0.717, 1.165) is 24.4 Å². The Balaban J connectivity index is 1.77. The van der Waals surface area contributed by atoms with Crippen LogP contribution < -0.4 is 9.64 Å². The van der Waals surface area contributed by atoms with Crippen molar-refractivity contribution >= 4 is 17.6 Å². The molecule has 23 heavy (non-hydrogen) atoms. The smallest absolute Gasteiger partial charge is 0.341 e. The minimum atomic E-state index is -1.01. The maximum absolute atomic E-state index is 12.2. The van der Waals surface area contributed by atoms with Crippen LogP contribution in [0.15, 0.2) is 24.3 Å². The Morgan fingerprint density at radius 2 is 1.87 bits per heavy atom. The highest BCUT2D eigenvalue weighted by Gasteiger charge is 2.16. The van der Waals surface area contributed by atoms with E-state index in [-0.39, 0.29) is 12.5 Å². The Hall–Kier alpha value is -2.04. The number of hydrogen-bond acceptors (Lipinski definition) is 3. The third kappa shape index (κ3) is 5.58. The Morgan fingerprint density at radius 1 is 1.22 bits per heavy atom. The van der Waals surface area contributed by atoms with Gasteiger partial charge in [-0.1, -0.05) is 25.7 Å². The molecular weight excluding hydrogens is 294 g/mol. The normalized spacial score (nSPS) is 14.7. The number of carboxylic acids is 1. The topological polar surface area (TPSA) is 66.8 Å². The lowest BCUT2D eigenvalue weighted by molar-refractivity contribution is -0.139. The maximum Gasteiger partial charge on any atom is 0.341 e. The fourth-order valence-corrected chi connectivity index (χ4v) is 3.06. The monoisotopic (exact) mass is 319 g/mol. The van der Waals surface area contributed by atoms with Gasteiger partial charge in [-0.2, -0.15) is 0 Å². The molecule has 1 N–H and O–H groups in total. The Kier molecular flexibility index (Phi) is 6.44. The van der Waals surface area contributed by atoms with Crippen LogP contribution in [-0.2, 0) is 9.59 Å². The molecule has 1 fully saturated rings. The van der Waals surface area contributed by atoms with Crippen molar-refractivity contribution in [2.75, 3.05) is 18.6 Å². The molecule has 0 heterocycles. The van der Waals surface area contributed by atoms with Crippen LogP contribution in [0, 0.1) is 5.92 Å². The Labute approximate surface area is 137 Å². The van der Waals surface area contributed by atoms with Crippen molar-refractivity contribution in [3.05, 3.63) is 24.3 Å². The molecule has 0 unspecified atom stereocenters.